The lowest BCUT2D eigenvalue weighted by Crippen LogP contribution is -2.52. The van der Waals surface area contributed by atoms with Crippen LogP contribution < -0.4 is 10.6 Å². The Hall–Kier alpha value is -2.37. The molecule has 0 aliphatic rings. The molecule has 0 aromatic heterocycles. The van der Waals surface area contributed by atoms with Gasteiger partial charge in [-0.25, -0.2) is 4.79 Å². The summed E-state index contributed by atoms with van der Waals surface area (Å²) in [5.74, 6) is -1.48. The third-order valence-electron chi connectivity index (χ3n) is 2.85. The predicted molar refractivity (Wildman–Crippen MR) is 68.4 cm³/mol. The van der Waals surface area contributed by atoms with Gasteiger partial charge in [-0.05, 0) is 12.5 Å². The van der Waals surface area contributed by atoms with Crippen molar-refractivity contribution in [2.75, 3.05) is 14.2 Å². The largest absolute Gasteiger partial charge is 0.468 e. The maximum atomic E-state index is 12.2. The quantitative estimate of drug-likeness (QED) is 0.617. The van der Waals surface area contributed by atoms with Gasteiger partial charge in [0, 0.05) is 7.05 Å². The molecule has 0 saturated heterocycles. The van der Waals surface area contributed by atoms with E-state index in [1.807, 2.05) is 0 Å². The molecule has 0 fully saturated rings. The van der Waals surface area contributed by atoms with Crippen LogP contribution in [0.3, 0.4) is 0 Å². The smallest absolute Gasteiger partial charge is 0.325 e. The summed E-state index contributed by atoms with van der Waals surface area (Å²) in [6.07, 6.45) is 0. The van der Waals surface area contributed by atoms with Gasteiger partial charge in [-0.1, -0.05) is 30.3 Å². The molecule has 0 heterocycles. The molecule has 1 aromatic rings. The van der Waals surface area contributed by atoms with Gasteiger partial charge in [-0.3, -0.25) is 14.9 Å². The Labute approximate surface area is 111 Å². The van der Waals surface area contributed by atoms with Gasteiger partial charge in [0.25, 0.3) is 0 Å². The number of imide groups is 1. The highest BCUT2D eigenvalue weighted by Gasteiger charge is 2.44. The average molecular weight is 264 g/mol. The monoisotopic (exact) mass is 264 g/mol. The first kappa shape index (κ1) is 14.7. The molecular formula is C13H16N2O4. The summed E-state index contributed by atoms with van der Waals surface area (Å²) < 4.78 is 4.67. The molecule has 0 unspecified atom stereocenters. The number of carbonyl (C=O) groups is 3. The molecule has 102 valence electrons. The normalized spacial score (nSPS) is 13.0. The van der Waals surface area contributed by atoms with Gasteiger partial charge in [0.15, 0.2) is 5.41 Å². The van der Waals surface area contributed by atoms with Crippen molar-refractivity contribution in [1.29, 1.82) is 0 Å². The summed E-state index contributed by atoms with van der Waals surface area (Å²) in [4.78, 5) is 35.3. The lowest BCUT2D eigenvalue weighted by molar-refractivity contribution is -0.151. The second kappa shape index (κ2) is 5.99. The number of rotatable bonds is 3. The van der Waals surface area contributed by atoms with Crippen molar-refractivity contribution in [2.24, 2.45) is 0 Å². The number of hydrogen-bond acceptors (Lipinski definition) is 4. The topological polar surface area (TPSA) is 84.5 Å². The first-order valence-corrected chi connectivity index (χ1v) is 5.64. The first-order chi connectivity index (χ1) is 8.96. The van der Waals surface area contributed by atoms with Crippen LogP contribution in [0, 0.1) is 0 Å². The average Bonchev–Trinajstić information content (AvgIpc) is 2.45. The zero-order valence-corrected chi connectivity index (χ0v) is 11.0. The zero-order valence-electron chi connectivity index (χ0n) is 11.0. The molecule has 6 heteroatoms. The fourth-order valence-electron chi connectivity index (χ4n) is 1.61. The van der Waals surface area contributed by atoms with Gasteiger partial charge in [0.1, 0.15) is 0 Å². The third-order valence-corrected chi connectivity index (χ3v) is 2.85. The van der Waals surface area contributed by atoms with Crippen molar-refractivity contribution in [2.45, 2.75) is 12.3 Å². The molecule has 0 aliphatic carbocycles. The number of hydrogen-bond donors (Lipinski definition) is 2. The van der Waals surface area contributed by atoms with Crippen LogP contribution in [0.1, 0.15) is 12.5 Å². The SMILES string of the molecule is CNC(=O)NC(=O)[C@@](C)(C(=O)OC)c1ccccc1. The van der Waals surface area contributed by atoms with Gasteiger partial charge >= 0.3 is 12.0 Å². The Bertz CT molecular complexity index is 487. The fraction of sp³-hybridized carbons (Fsp3) is 0.308. The molecule has 19 heavy (non-hydrogen) atoms. The van der Waals surface area contributed by atoms with E-state index < -0.39 is 23.3 Å². The van der Waals surface area contributed by atoms with Crippen LogP contribution in [0.25, 0.3) is 0 Å². The Balaban J connectivity index is 3.18. The lowest BCUT2D eigenvalue weighted by Gasteiger charge is -2.25. The molecule has 0 radical (unpaired) electrons. The second-order valence-electron chi connectivity index (χ2n) is 4.02. The second-order valence-corrected chi connectivity index (χ2v) is 4.02. The maximum Gasteiger partial charge on any atom is 0.325 e. The minimum atomic E-state index is -1.58. The van der Waals surface area contributed by atoms with Crippen LogP contribution >= 0.6 is 0 Å². The van der Waals surface area contributed by atoms with E-state index in [0.29, 0.717) is 5.56 Å². The van der Waals surface area contributed by atoms with E-state index in [-0.39, 0.29) is 0 Å². The van der Waals surface area contributed by atoms with Crippen molar-refractivity contribution in [3.8, 4) is 0 Å². The van der Waals surface area contributed by atoms with E-state index in [0.717, 1.165) is 0 Å². The summed E-state index contributed by atoms with van der Waals surface area (Å²) in [5, 5.41) is 4.35. The molecule has 0 saturated carbocycles. The Morgan fingerprint density at radius 1 is 1.16 bits per heavy atom. The van der Waals surface area contributed by atoms with E-state index in [1.54, 1.807) is 30.3 Å². The maximum absolute atomic E-state index is 12.2. The summed E-state index contributed by atoms with van der Waals surface area (Å²) in [7, 11) is 2.57. The fourth-order valence-corrected chi connectivity index (χ4v) is 1.61. The van der Waals surface area contributed by atoms with Crippen LogP contribution in [0.15, 0.2) is 30.3 Å². The van der Waals surface area contributed by atoms with Crippen molar-refractivity contribution < 1.29 is 19.1 Å². The Kier molecular flexibility index (Phi) is 4.63. The van der Waals surface area contributed by atoms with E-state index >= 15 is 0 Å². The van der Waals surface area contributed by atoms with Crippen molar-refractivity contribution in [3.05, 3.63) is 35.9 Å². The van der Waals surface area contributed by atoms with Gasteiger partial charge in [-0.2, -0.15) is 0 Å². The van der Waals surface area contributed by atoms with Crippen molar-refractivity contribution in [3.63, 3.8) is 0 Å². The number of urea groups is 1. The molecule has 1 atom stereocenters. The van der Waals surface area contributed by atoms with Crippen LogP contribution in [0.4, 0.5) is 4.79 Å². The Morgan fingerprint density at radius 2 is 1.74 bits per heavy atom. The highest BCUT2D eigenvalue weighted by molar-refractivity contribution is 6.12. The zero-order chi connectivity index (χ0) is 14.5. The van der Waals surface area contributed by atoms with Gasteiger partial charge in [-0.15, -0.1) is 0 Å². The first-order valence-electron chi connectivity index (χ1n) is 5.64. The van der Waals surface area contributed by atoms with Crippen LogP contribution in [-0.2, 0) is 19.7 Å². The predicted octanol–water partition coefficient (Wildman–Crippen LogP) is 0.573. The van der Waals surface area contributed by atoms with Crippen molar-refractivity contribution in [1.82, 2.24) is 10.6 Å². The van der Waals surface area contributed by atoms with Gasteiger partial charge < -0.3 is 10.1 Å². The van der Waals surface area contributed by atoms with E-state index in [4.69, 9.17) is 0 Å². The van der Waals surface area contributed by atoms with Crippen LogP contribution in [-0.4, -0.2) is 32.1 Å². The molecular weight excluding hydrogens is 248 g/mol. The number of benzene rings is 1. The molecule has 3 amide bonds. The Morgan fingerprint density at radius 3 is 2.21 bits per heavy atom. The highest BCUT2D eigenvalue weighted by atomic mass is 16.5. The molecule has 2 N–H and O–H groups in total. The molecule has 0 bridgehead atoms. The number of esters is 1. The summed E-state index contributed by atoms with van der Waals surface area (Å²) in [6, 6.07) is 7.72. The van der Waals surface area contributed by atoms with E-state index in [2.05, 4.69) is 15.4 Å². The van der Waals surface area contributed by atoms with E-state index in [1.165, 1.54) is 21.1 Å². The van der Waals surface area contributed by atoms with Gasteiger partial charge in [0.2, 0.25) is 5.91 Å². The third kappa shape index (κ3) is 2.90. The van der Waals surface area contributed by atoms with E-state index in [9.17, 15) is 14.4 Å². The molecule has 0 aliphatic heterocycles. The number of methoxy groups -OCH3 is 1. The number of ether oxygens (including phenoxy) is 1. The minimum Gasteiger partial charge on any atom is -0.468 e. The summed E-state index contributed by atoms with van der Waals surface area (Å²) >= 11 is 0. The van der Waals surface area contributed by atoms with Crippen LogP contribution in [0.2, 0.25) is 0 Å². The summed E-state index contributed by atoms with van der Waals surface area (Å²) in [6.45, 7) is 1.41. The summed E-state index contributed by atoms with van der Waals surface area (Å²) in [5.41, 5.74) is -1.13. The molecule has 0 spiro atoms. The standard InChI is InChI=1S/C13H16N2O4/c1-13(11(17)19-3,9-7-5-4-6-8-9)10(16)15-12(18)14-2/h4-8H,1-3H3,(H2,14,15,16,18)/t13-/m0/s1. The minimum absolute atomic E-state index is 0.447. The highest BCUT2D eigenvalue weighted by Crippen LogP contribution is 2.25. The molecule has 6 nitrogen and oxygen atoms in total. The number of amides is 3. The van der Waals surface area contributed by atoms with Crippen LogP contribution in [0.5, 0.6) is 0 Å². The number of carbonyl (C=O) groups excluding carboxylic acids is 3. The molecule has 1 aromatic carbocycles. The number of nitrogens with one attached hydrogen (secondary N) is 2. The van der Waals surface area contributed by atoms with Gasteiger partial charge in [0.05, 0.1) is 7.11 Å². The lowest BCUT2D eigenvalue weighted by atomic mass is 9.81. The molecule has 1 rings (SSSR count). The van der Waals surface area contributed by atoms with Crippen molar-refractivity contribution >= 4 is 17.9 Å².